The summed E-state index contributed by atoms with van der Waals surface area (Å²) in [6, 6.07) is 7.21. The minimum Gasteiger partial charge on any atom is -0.497 e. The maximum absolute atomic E-state index is 11.6. The third-order valence-corrected chi connectivity index (χ3v) is 3.39. The summed E-state index contributed by atoms with van der Waals surface area (Å²) in [5.41, 5.74) is 0.732. The van der Waals surface area contributed by atoms with Crippen molar-refractivity contribution in [1.82, 2.24) is 10.6 Å². The summed E-state index contributed by atoms with van der Waals surface area (Å²) in [4.78, 5) is 11.6. The molecule has 1 aliphatic rings. The zero-order chi connectivity index (χ0) is 14.4. The van der Waals surface area contributed by atoms with Crippen molar-refractivity contribution in [2.24, 2.45) is 5.92 Å². The molecule has 1 fully saturated rings. The number of hydrogen-bond acceptors (Lipinski definition) is 4. The monoisotopic (exact) mass is 278 g/mol. The van der Waals surface area contributed by atoms with E-state index in [-0.39, 0.29) is 12.5 Å². The van der Waals surface area contributed by atoms with E-state index >= 15 is 0 Å². The molecule has 3 N–H and O–H groups in total. The molecule has 0 aliphatic heterocycles. The minimum absolute atomic E-state index is 0.0902. The van der Waals surface area contributed by atoms with Gasteiger partial charge in [-0.05, 0) is 43.0 Å². The van der Waals surface area contributed by atoms with Crippen LogP contribution in [0.1, 0.15) is 24.5 Å². The number of rotatable bonds is 8. The maximum Gasteiger partial charge on any atom is 0.234 e. The number of nitrogens with one attached hydrogen (secondary N) is 2. The Kier molecular flexibility index (Phi) is 5.38. The summed E-state index contributed by atoms with van der Waals surface area (Å²) < 4.78 is 5.10. The lowest BCUT2D eigenvalue weighted by molar-refractivity contribution is -0.120. The summed E-state index contributed by atoms with van der Waals surface area (Å²) in [7, 11) is 1.58. The van der Waals surface area contributed by atoms with E-state index < -0.39 is 6.10 Å². The molecule has 5 heteroatoms. The molecule has 0 radical (unpaired) electrons. The predicted octanol–water partition coefficient (Wildman–Crippen LogP) is 0.844. The molecule has 1 unspecified atom stereocenters. The highest BCUT2D eigenvalue weighted by molar-refractivity contribution is 5.78. The van der Waals surface area contributed by atoms with Crippen molar-refractivity contribution in [3.63, 3.8) is 0 Å². The Hall–Kier alpha value is -1.59. The number of benzene rings is 1. The van der Waals surface area contributed by atoms with Crippen LogP contribution in [0.15, 0.2) is 24.3 Å². The normalized spacial score (nSPS) is 15.7. The molecule has 2 rings (SSSR count). The zero-order valence-corrected chi connectivity index (χ0v) is 11.8. The summed E-state index contributed by atoms with van der Waals surface area (Å²) in [6.07, 6.45) is 1.81. The highest BCUT2D eigenvalue weighted by Gasteiger charge is 2.20. The van der Waals surface area contributed by atoms with Gasteiger partial charge in [0.25, 0.3) is 0 Å². The van der Waals surface area contributed by atoms with Crippen LogP contribution in [0.25, 0.3) is 0 Å². The molecule has 110 valence electrons. The molecule has 1 aliphatic carbocycles. The first-order valence-corrected chi connectivity index (χ1v) is 6.98. The molecule has 0 heterocycles. The van der Waals surface area contributed by atoms with Crippen molar-refractivity contribution in [2.75, 3.05) is 26.7 Å². The van der Waals surface area contributed by atoms with E-state index in [1.807, 2.05) is 18.2 Å². The third-order valence-electron chi connectivity index (χ3n) is 3.39. The van der Waals surface area contributed by atoms with Gasteiger partial charge in [-0.1, -0.05) is 12.1 Å². The Morgan fingerprint density at radius 2 is 2.30 bits per heavy atom. The average molecular weight is 278 g/mol. The maximum atomic E-state index is 11.6. The van der Waals surface area contributed by atoms with Gasteiger partial charge in [0.05, 0.1) is 19.8 Å². The lowest BCUT2D eigenvalue weighted by Gasteiger charge is -2.13. The van der Waals surface area contributed by atoms with Crippen molar-refractivity contribution in [3.05, 3.63) is 29.8 Å². The minimum atomic E-state index is -0.725. The molecule has 0 saturated heterocycles. The molecule has 1 atom stereocenters. The van der Waals surface area contributed by atoms with Crippen LogP contribution >= 0.6 is 0 Å². The number of ether oxygens (including phenoxy) is 1. The van der Waals surface area contributed by atoms with Crippen LogP contribution in [-0.4, -0.2) is 37.8 Å². The average Bonchev–Trinajstić information content (AvgIpc) is 3.29. The second kappa shape index (κ2) is 7.26. The van der Waals surface area contributed by atoms with Gasteiger partial charge in [0.2, 0.25) is 5.91 Å². The Morgan fingerprint density at radius 1 is 1.50 bits per heavy atom. The number of carbonyl (C=O) groups excluding carboxylic acids is 1. The lowest BCUT2D eigenvalue weighted by atomic mass is 10.1. The van der Waals surface area contributed by atoms with Crippen LogP contribution < -0.4 is 15.4 Å². The molecule has 1 aromatic rings. The van der Waals surface area contributed by atoms with Crippen molar-refractivity contribution in [1.29, 1.82) is 0 Å². The largest absolute Gasteiger partial charge is 0.497 e. The molecule has 0 spiro atoms. The van der Waals surface area contributed by atoms with E-state index in [1.54, 1.807) is 13.2 Å². The standard InChI is InChI=1S/C15H22N2O3/c1-20-13-4-2-3-12(7-13)14(18)9-17-15(19)10-16-8-11-5-6-11/h2-4,7,11,14,16,18H,5-6,8-10H2,1H3,(H,17,19). The van der Waals surface area contributed by atoms with E-state index in [2.05, 4.69) is 10.6 Å². The highest BCUT2D eigenvalue weighted by atomic mass is 16.5. The number of amides is 1. The smallest absolute Gasteiger partial charge is 0.234 e. The van der Waals surface area contributed by atoms with Crippen LogP contribution in [0, 0.1) is 5.92 Å². The number of aliphatic hydroxyl groups excluding tert-OH is 1. The highest BCUT2D eigenvalue weighted by Crippen LogP contribution is 2.27. The fraction of sp³-hybridized carbons (Fsp3) is 0.533. The summed E-state index contributed by atoms with van der Waals surface area (Å²) in [6.45, 7) is 1.42. The molecule has 1 amide bonds. The van der Waals surface area contributed by atoms with E-state index in [0.29, 0.717) is 12.3 Å². The number of aliphatic hydroxyl groups is 1. The summed E-state index contributed by atoms with van der Waals surface area (Å²) in [5.74, 6) is 1.36. The SMILES string of the molecule is COc1cccc(C(O)CNC(=O)CNCC2CC2)c1. The van der Waals surface area contributed by atoms with Crippen LogP contribution in [0.4, 0.5) is 0 Å². The van der Waals surface area contributed by atoms with E-state index in [0.717, 1.165) is 18.0 Å². The van der Waals surface area contributed by atoms with Gasteiger partial charge in [-0.25, -0.2) is 0 Å². The van der Waals surface area contributed by atoms with Gasteiger partial charge in [-0.15, -0.1) is 0 Å². The number of methoxy groups -OCH3 is 1. The van der Waals surface area contributed by atoms with Gasteiger partial charge in [-0.3, -0.25) is 4.79 Å². The van der Waals surface area contributed by atoms with Gasteiger partial charge >= 0.3 is 0 Å². The molecular formula is C15H22N2O3. The van der Waals surface area contributed by atoms with Crippen molar-refractivity contribution in [3.8, 4) is 5.75 Å². The van der Waals surface area contributed by atoms with Crippen molar-refractivity contribution < 1.29 is 14.6 Å². The van der Waals surface area contributed by atoms with Gasteiger partial charge in [0, 0.05) is 6.54 Å². The van der Waals surface area contributed by atoms with Gasteiger partial charge in [0.1, 0.15) is 5.75 Å². The number of hydrogen-bond donors (Lipinski definition) is 3. The van der Waals surface area contributed by atoms with Gasteiger partial charge in [0.15, 0.2) is 0 Å². The fourth-order valence-corrected chi connectivity index (χ4v) is 1.95. The quantitative estimate of drug-likeness (QED) is 0.659. The first-order valence-electron chi connectivity index (χ1n) is 6.98. The third kappa shape index (κ3) is 4.83. The molecule has 1 aromatic carbocycles. The Bertz CT molecular complexity index is 446. The van der Waals surface area contributed by atoms with Crippen LogP contribution in [-0.2, 0) is 4.79 Å². The first-order chi connectivity index (χ1) is 9.69. The van der Waals surface area contributed by atoms with Gasteiger partial charge in [-0.2, -0.15) is 0 Å². The Labute approximate surface area is 119 Å². The van der Waals surface area contributed by atoms with Crippen LogP contribution in [0.3, 0.4) is 0 Å². The fourth-order valence-electron chi connectivity index (χ4n) is 1.95. The van der Waals surface area contributed by atoms with Crippen molar-refractivity contribution >= 4 is 5.91 Å². The molecule has 5 nitrogen and oxygen atoms in total. The van der Waals surface area contributed by atoms with Crippen LogP contribution in [0.2, 0.25) is 0 Å². The molecule has 20 heavy (non-hydrogen) atoms. The van der Waals surface area contributed by atoms with E-state index in [1.165, 1.54) is 12.8 Å². The Balaban J connectivity index is 1.69. The van der Waals surface area contributed by atoms with Crippen LogP contribution in [0.5, 0.6) is 5.75 Å². The molecule has 1 saturated carbocycles. The second-order valence-corrected chi connectivity index (χ2v) is 5.17. The zero-order valence-electron chi connectivity index (χ0n) is 11.8. The van der Waals surface area contributed by atoms with Crippen molar-refractivity contribution in [2.45, 2.75) is 18.9 Å². The molecular weight excluding hydrogens is 256 g/mol. The second-order valence-electron chi connectivity index (χ2n) is 5.17. The topological polar surface area (TPSA) is 70.6 Å². The summed E-state index contributed by atoms with van der Waals surface area (Å²) in [5, 5.41) is 15.9. The number of carbonyl (C=O) groups is 1. The van der Waals surface area contributed by atoms with E-state index in [4.69, 9.17) is 4.74 Å². The van der Waals surface area contributed by atoms with Gasteiger partial charge < -0.3 is 20.5 Å². The first kappa shape index (κ1) is 14.8. The Morgan fingerprint density at radius 3 is 3.00 bits per heavy atom. The van der Waals surface area contributed by atoms with E-state index in [9.17, 15) is 9.90 Å². The molecule has 0 bridgehead atoms. The summed E-state index contributed by atoms with van der Waals surface area (Å²) >= 11 is 0. The molecule has 0 aromatic heterocycles. The predicted molar refractivity (Wildman–Crippen MR) is 76.6 cm³/mol. The lowest BCUT2D eigenvalue weighted by Crippen LogP contribution is -2.36.